The second-order valence-electron chi connectivity index (χ2n) is 5.81. The van der Waals surface area contributed by atoms with Crippen molar-refractivity contribution in [1.29, 1.82) is 0 Å². The molecule has 0 amide bonds. The molecule has 0 spiro atoms. The standard InChI is InChI=1S/C18H20BrNO/c19-16-6-4-14(5-7-16)15(12-20-17-8-9-17)10-13-2-1-3-18(21)11-13/h1-7,11,15,17,20-21H,8-10,12H2. The zero-order valence-electron chi connectivity index (χ0n) is 11.9. The highest BCUT2D eigenvalue weighted by atomic mass is 79.9. The van der Waals surface area contributed by atoms with Gasteiger partial charge in [-0.25, -0.2) is 0 Å². The van der Waals surface area contributed by atoms with E-state index in [9.17, 15) is 5.11 Å². The molecule has 1 unspecified atom stereocenters. The third kappa shape index (κ3) is 4.32. The van der Waals surface area contributed by atoms with E-state index in [-0.39, 0.29) is 0 Å². The Morgan fingerprint density at radius 2 is 1.90 bits per heavy atom. The number of benzene rings is 2. The van der Waals surface area contributed by atoms with E-state index in [0.29, 0.717) is 17.7 Å². The van der Waals surface area contributed by atoms with E-state index in [2.05, 4.69) is 51.6 Å². The Balaban J connectivity index is 1.75. The molecule has 1 aliphatic rings. The van der Waals surface area contributed by atoms with Crippen LogP contribution in [0.1, 0.15) is 29.9 Å². The summed E-state index contributed by atoms with van der Waals surface area (Å²) in [5.74, 6) is 0.776. The number of rotatable bonds is 6. The average molecular weight is 346 g/mol. The maximum atomic E-state index is 9.64. The molecular formula is C18H20BrNO. The van der Waals surface area contributed by atoms with Crippen molar-refractivity contribution in [3.8, 4) is 5.75 Å². The molecule has 0 saturated heterocycles. The molecule has 3 rings (SSSR count). The molecule has 2 aromatic rings. The fourth-order valence-electron chi connectivity index (χ4n) is 2.61. The number of aromatic hydroxyl groups is 1. The van der Waals surface area contributed by atoms with Gasteiger partial charge in [0.1, 0.15) is 5.75 Å². The summed E-state index contributed by atoms with van der Waals surface area (Å²) in [6.07, 6.45) is 3.55. The van der Waals surface area contributed by atoms with Gasteiger partial charge in [0.15, 0.2) is 0 Å². The number of phenolic OH excluding ortho intramolecular Hbond substituents is 1. The fourth-order valence-corrected chi connectivity index (χ4v) is 2.87. The molecule has 1 saturated carbocycles. The second kappa shape index (κ2) is 6.63. The first-order valence-corrected chi connectivity index (χ1v) is 8.27. The van der Waals surface area contributed by atoms with Gasteiger partial charge in [-0.05, 0) is 54.7 Å². The first-order chi connectivity index (χ1) is 10.2. The number of halogens is 1. The van der Waals surface area contributed by atoms with Crippen LogP contribution in [0.5, 0.6) is 5.75 Å². The minimum absolute atomic E-state index is 0.345. The third-order valence-corrected chi connectivity index (χ3v) is 4.49. The molecule has 1 atom stereocenters. The highest BCUT2D eigenvalue weighted by Gasteiger charge is 2.22. The van der Waals surface area contributed by atoms with Crippen LogP contribution in [0.25, 0.3) is 0 Å². The molecule has 2 aromatic carbocycles. The van der Waals surface area contributed by atoms with Crippen molar-refractivity contribution in [2.45, 2.75) is 31.2 Å². The Morgan fingerprint density at radius 1 is 1.14 bits per heavy atom. The molecule has 0 radical (unpaired) electrons. The number of hydrogen-bond acceptors (Lipinski definition) is 2. The lowest BCUT2D eigenvalue weighted by atomic mass is 9.92. The summed E-state index contributed by atoms with van der Waals surface area (Å²) in [7, 11) is 0. The van der Waals surface area contributed by atoms with Gasteiger partial charge in [-0.2, -0.15) is 0 Å². The minimum Gasteiger partial charge on any atom is -0.508 e. The van der Waals surface area contributed by atoms with Crippen molar-refractivity contribution in [3.63, 3.8) is 0 Å². The normalized spacial score (nSPS) is 15.9. The van der Waals surface area contributed by atoms with Crippen LogP contribution < -0.4 is 5.32 Å². The maximum absolute atomic E-state index is 9.64. The maximum Gasteiger partial charge on any atom is 0.115 e. The van der Waals surface area contributed by atoms with Crippen molar-refractivity contribution in [3.05, 3.63) is 64.1 Å². The average Bonchev–Trinajstić information content (AvgIpc) is 3.29. The van der Waals surface area contributed by atoms with E-state index < -0.39 is 0 Å². The fraction of sp³-hybridized carbons (Fsp3) is 0.333. The van der Waals surface area contributed by atoms with Gasteiger partial charge in [0, 0.05) is 23.0 Å². The first kappa shape index (κ1) is 14.6. The van der Waals surface area contributed by atoms with Crippen LogP contribution in [0.3, 0.4) is 0 Å². The van der Waals surface area contributed by atoms with Crippen LogP contribution in [0, 0.1) is 0 Å². The molecule has 2 N–H and O–H groups in total. The summed E-state index contributed by atoms with van der Waals surface area (Å²) in [6.45, 7) is 0.988. The van der Waals surface area contributed by atoms with Crippen molar-refractivity contribution >= 4 is 15.9 Å². The summed E-state index contributed by atoms with van der Waals surface area (Å²) < 4.78 is 1.11. The van der Waals surface area contributed by atoms with Gasteiger partial charge in [-0.15, -0.1) is 0 Å². The van der Waals surface area contributed by atoms with E-state index in [1.54, 1.807) is 6.07 Å². The summed E-state index contributed by atoms with van der Waals surface area (Å²) in [6, 6.07) is 16.9. The van der Waals surface area contributed by atoms with Gasteiger partial charge in [0.25, 0.3) is 0 Å². The first-order valence-electron chi connectivity index (χ1n) is 7.47. The van der Waals surface area contributed by atoms with Crippen LogP contribution in [-0.4, -0.2) is 17.7 Å². The Hall–Kier alpha value is -1.32. The molecule has 0 aliphatic heterocycles. The van der Waals surface area contributed by atoms with E-state index in [1.165, 1.54) is 24.0 Å². The smallest absolute Gasteiger partial charge is 0.115 e. The Bertz CT molecular complexity index is 592. The van der Waals surface area contributed by atoms with Crippen LogP contribution >= 0.6 is 15.9 Å². The van der Waals surface area contributed by atoms with Gasteiger partial charge >= 0.3 is 0 Å². The number of nitrogens with one attached hydrogen (secondary N) is 1. The summed E-state index contributed by atoms with van der Waals surface area (Å²) in [5.41, 5.74) is 2.52. The summed E-state index contributed by atoms with van der Waals surface area (Å²) in [5, 5.41) is 13.3. The van der Waals surface area contributed by atoms with E-state index >= 15 is 0 Å². The topological polar surface area (TPSA) is 32.3 Å². The summed E-state index contributed by atoms with van der Waals surface area (Å²) >= 11 is 3.49. The van der Waals surface area contributed by atoms with Crippen molar-refractivity contribution in [2.24, 2.45) is 0 Å². The van der Waals surface area contributed by atoms with Gasteiger partial charge in [-0.1, -0.05) is 40.2 Å². The minimum atomic E-state index is 0.345. The predicted octanol–water partition coefficient (Wildman–Crippen LogP) is 4.23. The van der Waals surface area contributed by atoms with E-state index in [4.69, 9.17) is 0 Å². The molecule has 0 aromatic heterocycles. The van der Waals surface area contributed by atoms with Crippen LogP contribution in [0.2, 0.25) is 0 Å². The van der Waals surface area contributed by atoms with Gasteiger partial charge in [-0.3, -0.25) is 0 Å². The molecule has 1 fully saturated rings. The highest BCUT2D eigenvalue weighted by Crippen LogP contribution is 2.26. The molecule has 0 bridgehead atoms. The summed E-state index contributed by atoms with van der Waals surface area (Å²) in [4.78, 5) is 0. The zero-order valence-corrected chi connectivity index (χ0v) is 13.5. The monoisotopic (exact) mass is 345 g/mol. The molecular weight excluding hydrogens is 326 g/mol. The largest absolute Gasteiger partial charge is 0.508 e. The SMILES string of the molecule is Oc1cccc(CC(CNC2CC2)c2ccc(Br)cc2)c1. The highest BCUT2D eigenvalue weighted by molar-refractivity contribution is 9.10. The van der Waals surface area contributed by atoms with Gasteiger partial charge in [0.2, 0.25) is 0 Å². The Labute approximate surface area is 134 Å². The molecule has 21 heavy (non-hydrogen) atoms. The van der Waals surface area contributed by atoms with Crippen molar-refractivity contribution < 1.29 is 5.11 Å². The zero-order chi connectivity index (χ0) is 14.7. The molecule has 110 valence electrons. The number of hydrogen-bond donors (Lipinski definition) is 2. The Kier molecular flexibility index (Phi) is 4.61. The second-order valence-corrected chi connectivity index (χ2v) is 6.72. The predicted molar refractivity (Wildman–Crippen MR) is 89.7 cm³/mol. The van der Waals surface area contributed by atoms with Crippen molar-refractivity contribution in [2.75, 3.05) is 6.54 Å². The third-order valence-electron chi connectivity index (χ3n) is 3.96. The van der Waals surface area contributed by atoms with Gasteiger partial charge in [0.05, 0.1) is 0 Å². The Morgan fingerprint density at radius 3 is 2.57 bits per heavy atom. The molecule has 2 nitrogen and oxygen atoms in total. The molecule has 3 heteroatoms. The van der Waals surface area contributed by atoms with Crippen LogP contribution in [-0.2, 0) is 6.42 Å². The van der Waals surface area contributed by atoms with Crippen LogP contribution in [0.4, 0.5) is 0 Å². The van der Waals surface area contributed by atoms with Crippen LogP contribution in [0.15, 0.2) is 53.0 Å². The van der Waals surface area contributed by atoms with E-state index in [1.807, 2.05) is 12.1 Å². The lowest BCUT2D eigenvalue weighted by Crippen LogP contribution is -2.24. The molecule has 0 heterocycles. The van der Waals surface area contributed by atoms with E-state index in [0.717, 1.165) is 17.4 Å². The van der Waals surface area contributed by atoms with Crippen molar-refractivity contribution in [1.82, 2.24) is 5.32 Å². The lowest BCUT2D eigenvalue weighted by molar-refractivity contribution is 0.474. The number of phenols is 1. The van der Waals surface area contributed by atoms with Gasteiger partial charge < -0.3 is 10.4 Å². The lowest BCUT2D eigenvalue weighted by Gasteiger charge is -2.18. The molecule has 1 aliphatic carbocycles. The quantitative estimate of drug-likeness (QED) is 0.820.